The van der Waals surface area contributed by atoms with Crippen molar-refractivity contribution in [2.75, 3.05) is 12.4 Å². The van der Waals surface area contributed by atoms with E-state index in [0.29, 0.717) is 16.4 Å². The Morgan fingerprint density at radius 1 is 1.23 bits per heavy atom. The summed E-state index contributed by atoms with van der Waals surface area (Å²) in [5.41, 5.74) is 1.82. The third-order valence-corrected chi connectivity index (χ3v) is 4.16. The predicted octanol–water partition coefficient (Wildman–Crippen LogP) is 4.84. The van der Waals surface area contributed by atoms with Crippen molar-refractivity contribution >= 4 is 50.0 Å². The zero-order chi connectivity index (χ0) is 15.7. The summed E-state index contributed by atoms with van der Waals surface area (Å²) < 4.78 is 5.99. The minimum Gasteiger partial charge on any atom is -0.497 e. The van der Waals surface area contributed by atoms with E-state index in [1.54, 1.807) is 31.4 Å². The van der Waals surface area contributed by atoms with Gasteiger partial charge in [0, 0.05) is 21.1 Å². The third-order valence-electron chi connectivity index (χ3n) is 3.27. The molecule has 1 amide bonds. The number of anilines is 1. The normalized spacial score (nSPS) is 10.7. The SMILES string of the molecule is COc1ccc(NC(=O)c2[nH]c3ccc(Br)cc3c2Cl)cc1. The number of H-pyrrole nitrogens is 1. The number of carbonyl (C=O) groups excluding carboxylic acids is 1. The number of ether oxygens (including phenoxy) is 1. The average molecular weight is 380 g/mol. The summed E-state index contributed by atoms with van der Waals surface area (Å²) in [6.45, 7) is 0. The van der Waals surface area contributed by atoms with E-state index in [-0.39, 0.29) is 5.91 Å². The Morgan fingerprint density at radius 3 is 2.64 bits per heavy atom. The molecule has 0 fully saturated rings. The van der Waals surface area contributed by atoms with Crippen LogP contribution in [-0.4, -0.2) is 18.0 Å². The lowest BCUT2D eigenvalue weighted by Gasteiger charge is -2.05. The molecular weight excluding hydrogens is 368 g/mol. The molecule has 3 aromatic rings. The summed E-state index contributed by atoms with van der Waals surface area (Å²) in [6, 6.07) is 12.7. The van der Waals surface area contributed by atoms with Crippen molar-refractivity contribution in [2.45, 2.75) is 0 Å². The van der Waals surface area contributed by atoms with Gasteiger partial charge in [0.25, 0.3) is 5.91 Å². The first-order valence-corrected chi connectivity index (χ1v) is 7.67. The van der Waals surface area contributed by atoms with E-state index in [2.05, 4.69) is 26.2 Å². The molecule has 3 rings (SSSR count). The van der Waals surface area contributed by atoms with Crippen molar-refractivity contribution in [1.82, 2.24) is 4.98 Å². The molecule has 0 saturated carbocycles. The van der Waals surface area contributed by atoms with Gasteiger partial charge < -0.3 is 15.0 Å². The molecule has 22 heavy (non-hydrogen) atoms. The lowest BCUT2D eigenvalue weighted by molar-refractivity contribution is 0.102. The fourth-order valence-electron chi connectivity index (χ4n) is 2.16. The van der Waals surface area contributed by atoms with Crippen LogP contribution < -0.4 is 10.1 Å². The van der Waals surface area contributed by atoms with Gasteiger partial charge in [-0.1, -0.05) is 27.5 Å². The monoisotopic (exact) mass is 378 g/mol. The Hall–Kier alpha value is -1.98. The van der Waals surface area contributed by atoms with Gasteiger partial charge in [-0.3, -0.25) is 4.79 Å². The lowest BCUT2D eigenvalue weighted by atomic mass is 10.2. The molecule has 0 radical (unpaired) electrons. The van der Waals surface area contributed by atoms with E-state index in [4.69, 9.17) is 16.3 Å². The maximum atomic E-state index is 12.4. The van der Waals surface area contributed by atoms with Gasteiger partial charge in [0.2, 0.25) is 0 Å². The van der Waals surface area contributed by atoms with Gasteiger partial charge in [-0.15, -0.1) is 0 Å². The van der Waals surface area contributed by atoms with Crippen LogP contribution in [0.1, 0.15) is 10.5 Å². The molecular formula is C16H12BrClN2O2. The van der Waals surface area contributed by atoms with Gasteiger partial charge in [0.15, 0.2) is 0 Å². The van der Waals surface area contributed by atoms with Crippen molar-refractivity contribution in [3.63, 3.8) is 0 Å². The van der Waals surface area contributed by atoms with Crippen LogP contribution in [0.25, 0.3) is 10.9 Å². The van der Waals surface area contributed by atoms with E-state index >= 15 is 0 Å². The summed E-state index contributed by atoms with van der Waals surface area (Å²) in [5, 5.41) is 4.01. The molecule has 6 heteroatoms. The van der Waals surface area contributed by atoms with Crippen LogP contribution in [0.3, 0.4) is 0 Å². The number of halogens is 2. The molecule has 4 nitrogen and oxygen atoms in total. The van der Waals surface area contributed by atoms with Crippen molar-refractivity contribution in [2.24, 2.45) is 0 Å². The molecule has 0 aliphatic carbocycles. The zero-order valence-corrected chi connectivity index (χ0v) is 14.0. The molecule has 2 N–H and O–H groups in total. The standard InChI is InChI=1S/C16H12BrClN2O2/c1-22-11-5-3-10(4-6-11)19-16(21)15-14(18)12-8-9(17)2-7-13(12)20-15/h2-8,20H,1H3,(H,19,21). The highest BCUT2D eigenvalue weighted by molar-refractivity contribution is 9.10. The van der Waals surface area contributed by atoms with Gasteiger partial charge >= 0.3 is 0 Å². The molecule has 112 valence electrons. The summed E-state index contributed by atoms with van der Waals surface area (Å²) in [4.78, 5) is 15.4. The van der Waals surface area contributed by atoms with Gasteiger partial charge in [-0.05, 0) is 42.5 Å². The maximum Gasteiger partial charge on any atom is 0.273 e. The number of benzene rings is 2. The highest BCUT2D eigenvalue weighted by Gasteiger charge is 2.16. The predicted molar refractivity (Wildman–Crippen MR) is 92.0 cm³/mol. The number of fused-ring (bicyclic) bond motifs is 1. The summed E-state index contributed by atoms with van der Waals surface area (Å²) >= 11 is 9.70. The van der Waals surface area contributed by atoms with Crippen LogP contribution in [0.5, 0.6) is 5.75 Å². The number of hydrogen-bond donors (Lipinski definition) is 2. The molecule has 2 aromatic carbocycles. The largest absolute Gasteiger partial charge is 0.497 e. The smallest absolute Gasteiger partial charge is 0.273 e. The molecule has 0 unspecified atom stereocenters. The topological polar surface area (TPSA) is 54.1 Å². The van der Waals surface area contributed by atoms with E-state index in [0.717, 1.165) is 21.1 Å². The Labute approximate surface area is 140 Å². The van der Waals surface area contributed by atoms with E-state index < -0.39 is 0 Å². The fraction of sp³-hybridized carbons (Fsp3) is 0.0625. The number of carbonyl (C=O) groups is 1. The first-order valence-electron chi connectivity index (χ1n) is 6.50. The second-order valence-corrected chi connectivity index (χ2v) is 5.98. The molecule has 1 heterocycles. The Morgan fingerprint density at radius 2 is 1.95 bits per heavy atom. The summed E-state index contributed by atoms with van der Waals surface area (Å²) in [6.07, 6.45) is 0. The number of aromatic nitrogens is 1. The Balaban J connectivity index is 1.89. The van der Waals surface area contributed by atoms with Gasteiger partial charge in [-0.25, -0.2) is 0 Å². The van der Waals surface area contributed by atoms with Crippen LogP contribution in [0.15, 0.2) is 46.9 Å². The number of amides is 1. The van der Waals surface area contributed by atoms with Gasteiger partial charge in [0.05, 0.1) is 12.1 Å². The second kappa shape index (κ2) is 6.02. The molecule has 0 aliphatic heterocycles. The Bertz CT molecular complexity index is 843. The lowest BCUT2D eigenvalue weighted by Crippen LogP contribution is -2.12. The van der Waals surface area contributed by atoms with Crippen LogP contribution in [0.4, 0.5) is 5.69 Å². The minimum absolute atomic E-state index is 0.289. The van der Waals surface area contributed by atoms with Crippen molar-refractivity contribution in [3.8, 4) is 5.75 Å². The minimum atomic E-state index is -0.289. The van der Waals surface area contributed by atoms with Crippen LogP contribution in [-0.2, 0) is 0 Å². The number of nitrogens with one attached hydrogen (secondary N) is 2. The van der Waals surface area contributed by atoms with Crippen molar-refractivity contribution in [3.05, 3.63) is 57.7 Å². The van der Waals surface area contributed by atoms with Crippen molar-refractivity contribution < 1.29 is 9.53 Å². The molecule has 0 aliphatic rings. The molecule has 0 saturated heterocycles. The molecule has 0 spiro atoms. The number of methoxy groups -OCH3 is 1. The Kier molecular flexibility index (Phi) is 4.09. The number of rotatable bonds is 3. The second-order valence-electron chi connectivity index (χ2n) is 4.69. The average Bonchev–Trinajstić information content (AvgIpc) is 2.85. The highest BCUT2D eigenvalue weighted by atomic mass is 79.9. The highest BCUT2D eigenvalue weighted by Crippen LogP contribution is 2.30. The van der Waals surface area contributed by atoms with Crippen LogP contribution in [0.2, 0.25) is 5.02 Å². The van der Waals surface area contributed by atoms with E-state index in [9.17, 15) is 4.79 Å². The zero-order valence-electron chi connectivity index (χ0n) is 11.6. The van der Waals surface area contributed by atoms with E-state index in [1.807, 2.05) is 18.2 Å². The number of aromatic amines is 1. The third kappa shape index (κ3) is 2.82. The fourth-order valence-corrected chi connectivity index (χ4v) is 2.81. The first kappa shape index (κ1) is 14.9. The first-order chi connectivity index (χ1) is 10.6. The maximum absolute atomic E-state index is 12.4. The van der Waals surface area contributed by atoms with Gasteiger partial charge in [0.1, 0.15) is 11.4 Å². The molecule has 0 atom stereocenters. The van der Waals surface area contributed by atoms with E-state index in [1.165, 1.54) is 0 Å². The summed E-state index contributed by atoms with van der Waals surface area (Å²) in [5.74, 6) is 0.439. The number of hydrogen-bond acceptors (Lipinski definition) is 2. The summed E-state index contributed by atoms with van der Waals surface area (Å²) in [7, 11) is 1.59. The molecule has 0 bridgehead atoms. The molecule has 1 aromatic heterocycles. The quantitative estimate of drug-likeness (QED) is 0.684. The van der Waals surface area contributed by atoms with Gasteiger partial charge in [-0.2, -0.15) is 0 Å². The van der Waals surface area contributed by atoms with Crippen LogP contribution >= 0.6 is 27.5 Å². The van der Waals surface area contributed by atoms with Crippen molar-refractivity contribution in [1.29, 1.82) is 0 Å². The van der Waals surface area contributed by atoms with Crippen LogP contribution in [0, 0.1) is 0 Å².